The van der Waals surface area contributed by atoms with Gasteiger partial charge in [0.1, 0.15) is 0 Å². The lowest BCUT2D eigenvalue weighted by atomic mass is 9.64. The van der Waals surface area contributed by atoms with Crippen LogP contribution >= 0.6 is 0 Å². The Morgan fingerprint density at radius 1 is 1.55 bits per heavy atom. The minimum absolute atomic E-state index is 0.0346. The average molecular weight is 278 g/mol. The predicted octanol–water partition coefficient (Wildman–Crippen LogP) is 1.91. The smallest absolute Gasteiger partial charge is 0.255 e. The summed E-state index contributed by atoms with van der Waals surface area (Å²) in [6.07, 6.45) is 0.947. The summed E-state index contributed by atoms with van der Waals surface area (Å²) in [5, 5.41) is 12.8. The Labute approximate surface area is 119 Å². The first-order valence-corrected chi connectivity index (χ1v) is 6.87. The number of amides is 1. The Morgan fingerprint density at radius 3 is 2.85 bits per heavy atom. The van der Waals surface area contributed by atoms with E-state index in [1.54, 1.807) is 18.2 Å². The molecule has 1 amide bonds. The minimum Gasteiger partial charge on any atom is -0.505 e. The van der Waals surface area contributed by atoms with Gasteiger partial charge >= 0.3 is 0 Å². The molecule has 0 radical (unpaired) electrons. The summed E-state index contributed by atoms with van der Waals surface area (Å²) in [6.45, 7) is 6.78. The second-order valence-electron chi connectivity index (χ2n) is 5.77. The zero-order valence-corrected chi connectivity index (χ0v) is 12.1. The van der Waals surface area contributed by atoms with Crippen LogP contribution in [0, 0.1) is 5.41 Å². The van der Waals surface area contributed by atoms with Gasteiger partial charge in [-0.15, -0.1) is 0 Å². The summed E-state index contributed by atoms with van der Waals surface area (Å²) < 4.78 is 5.63. The number of phenols is 1. The lowest BCUT2D eigenvalue weighted by Gasteiger charge is -2.51. The number of benzene rings is 1. The molecule has 0 spiro atoms. The second kappa shape index (κ2) is 5.32. The van der Waals surface area contributed by atoms with Gasteiger partial charge in [-0.3, -0.25) is 4.79 Å². The van der Waals surface area contributed by atoms with E-state index in [-0.39, 0.29) is 40.5 Å². The molecule has 5 heteroatoms. The monoisotopic (exact) mass is 278 g/mol. The third-order valence-electron chi connectivity index (χ3n) is 4.16. The second-order valence-corrected chi connectivity index (χ2v) is 5.77. The van der Waals surface area contributed by atoms with Gasteiger partial charge in [0.25, 0.3) is 5.91 Å². The van der Waals surface area contributed by atoms with Crippen LogP contribution in [0.15, 0.2) is 18.2 Å². The van der Waals surface area contributed by atoms with Crippen molar-refractivity contribution in [3.05, 3.63) is 23.8 Å². The topological polar surface area (TPSA) is 84.6 Å². The number of phenolic OH excluding ortho intramolecular Hbond substituents is 1. The Balaban J connectivity index is 2.05. The van der Waals surface area contributed by atoms with E-state index in [2.05, 4.69) is 19.2 Å². The van der Waals surface area contributed by atoms with Crippen LogP contribution in [0.25, 0.3) is 0 Å². The molecule has 2 unspecified atom stereocenters. The number of nitrogens with one attached hydrogen (secondary N) is 1. The summed E-state index contributed by atoms with van der Waals surface area (Å²) in [5.74, 6) is -0.466. The van der Waals surface area contributed by atoms with Crippen molar-refractivity contribution in [2.24, 2.45) is 5.41 Å². The van der Waals surface area contributed by atoms with Crippen molar-refractivity contribution in [2.45, 2.75) is 39.3 Å². The van der Waals surface area contributed by atoms with Gasteiger partial charge in [0.15, 0.2) is 5.75 Å². The third-order valence-corrected chi connectivity index (χ3v) is 4.16. The maximum atomic E-state index is 12.2. The molecule has 1 aromatic rings. The molecule has 1 aromatic carbocycles. The zero-order chi connectivity index (χ0) is 14.9. The Bertz CT molecular complexity index is 514. The molecule has 2 rings (SSSR count). The van der Waals surface area contributed by atoms with Crippen molar-refractivity contribution < 1.29 is 14.6 Å². The molecule has 1 saturated carbocycles. The number of nitrogen functional groups attached to an aromatic ring is 1. The van der Waals surface area contributed by atoms with E-state index in [1.807, 2.05) is 6.92 Å². The summed E-state index contributed by atoms with van der Waals surface area (Å²) in [5.41, 5.74) is 5.91. The molecule has 0 bridgehead atoms. The van der Waals surface area contributed by atoms with Gasteiger partial charge in [-0.25, -0.2) is 0 Å². The number of carbonyl (C=O) groups excluding carboxylic acids is 1. The van der Waals surface area contributed by atoms with Crippen molar-refractivity contribution >= 4 is 11.6 Å². The number of aromatic hydroxyl groups is 1. The highest BCUT2D eigenvalue weighted by Crippen LogP contribution is 2.43. The maximum absolute atomic E-state index is 12.2. The van der Waals surface area contributed by atoms with Crippen molar-refractivity contribution in [3.63, 3.8) is 0 Å². The number of para-hydroxylation sites is 1. The molecule has 20 heavy (non-hydrogen) atoms. The summed E-state index contributed by atoms with van der Waals surface area (Å²) >= 11 is 0. The molecule has 5 nitrogen and oxygen atoms in total. The van der Waals surface area contributed by atoms with Crippen LogP contribution in [0.5, 0.6) is 5.75 Å². The van der Waals surface area contributed by atoms with E-state index in [1.165, 1.54) is 0 Å². The SMILES string of the molecule is CCOC1CC(NC(=O)c2cccc(N)c2O)C1(C)C. The lowest BCUT2D eigenvalue weighted by molar-refractivity contribution is -0.111. The molecule has 1 aliphatic carbocycles. The predicted molar refractivity (Wildman–Crippen MR) is 77.6 cm³/mol. The number of rotatable bonds is 4. The summed E-state index contributed by atoms with van der Waals surface area (Å²) in [4.78, 5) is 12.2. The Morgan fingerprint density at radius 2 is 2.25 bits per heavy atom. The van der Waals surface area contributed by atoms with E-state index in [4.69, 9.17) is 10.5 Å². The van der Waals surface area contributed by atoms with Gasteiger partial charge < -0.3 is 20.9 Å². The van der Waals surface area contributed by atoms with Gasteiger partial charge in [0.2, 0.25) is 0 Å². The first kappa shape index (κ1) is 14.7. The van der Waals surface area contributed by atoms with Crippen LogP contribution in [0.1, 0.15) is 37.6 Å². The van der Waals surface area contributed by atoms with Gasteiger partial charge in [0.05, 0.1) is 17.4 Å². The van der Waals surface area contributed by atoms with Crippen molar-refractivity contribution in [1.82, 2.24) is 5.32 Å². The normalized spacial score (nSPS) is 23.9. The fourth-order valence-corrected chi connectivity index (χ4v) is 2.59. The summed E-state index contributed by atoms with van der Waals surface area (Å²) in [6, 6.07) is 4.81. The molecule has 0 aromatic heterocycles. The van der Waals surface area contributed by atoms with Crippen LogP contribution in [-0.4, -0.2) is 29.8 Å². The largest absolute Gasteiger partial charge is 0.505 e. The van der Waals surface area contributed by atoms with E-state index in [0.29, 0.717) is 6.61 Å². The van der Waals surface area contributed by atoms with Crippen molar-refractivity contribution in [3.8, 4) is 5.75 Å². The first-order valence-electron chi connectivity index (χ1n) is 6.87. The molecule has 0 saturated heterocycles. The zero-order valence-electron chi connectivity index (χ0n) is 12.1. The fraction of sp³-hybridized carbons (Fsp3) is 0.533. The molecule has 1 fully saturated rings. The van der Waals surface area contributed by atoms with Crippen LogP contribution in [-0.2, 0) is 4.74 Å². The van der Waals surface area contributed by atoms with E-state index < -0.39 is 0 Å². The number of anilines is 1. The highest BCUT2D eigenvalue weighted by atomic mass is 16.5. The molecular weight excluding hydrogens is 256 g/mol. The number of ether oxygens (including phenoxy) is 1. The number of nitrogens with two attached hydrogens (primary N) is 1. The van der Waals surface area contributed by atoms with Gasteiger partial charge in [0, 0.05) is 18.1 Å². The lowest BCUT2D eigenvalue weighted by Crippen LogP contribution is -2.62. The van der Waals surface area contributed by atoms with Crippen molar-refractivity contribution in [1.29, 1.82) is 0 Å². The quantitative estimate of drug-likeness (QED) is 0.580. The Kier molecular flexibility index (Phi) is 3.90. The summed E-state index contributed by atoms with van der Waals surface area (Å²) in [7, 11) is 0. The molecular formula is C15H22N2O3. The van der Waals surface area contributed by atoms with E-state index in [9.17, 15) is 9.90 Å². The maximum Gasteiger partial charge on any atom is 0.255 e. The molecule has 2 atom stereocenters. The standard InChI is InChI=1S/C15H22N2O3/c1-4-20-12-8-11(15(12,2)3)17-14(19)9-6-5-7-10(16)13(9)18/h5-7,11-12,18H,4,8,16H2,1-3H3,(H,17,19). The minimum atomic E-state index is -0.303. The molecule has 4 N–H and O–H groups in total. The van der Waals surface area contributed by atoms with Crippen molar-refractivity contribution in [2.75, 3.05) is 12.3 Å². The van der Waals surface area contributed by atoms with E-state index >= 15 is 0 Å². The number of hydrogen-bond acceptors (Lipinski definition) is 4. The fourth-order valence-electron chi connectivity index (χ4n) is 2.59. The van der Waals surface area contributed by atoms with Crippen LogP contribution in [0.2, 0.25) is 0 Å². The highest BCUT2D eigenvalue weighted by Gasteiger charge is 2.49. The molecule has 0 aliphatic heterocycles. The van der Waals surface area contributed by atoms with Crippen LogP contribution < -0.4 is 11.1 Å². The van der Waals surface area contributed by atoms with E-state index in [0.717, 1.165) is 6.42 Å². The highest BCUT2D eigenvalue weighted by molar-refractivity contribution is 5.98. The van der Waals surface area contributed by atoms with Gasteiger partial charge in [-0.2, -0.15) is 0 Å². The average Bonchev–Trinajstić information content (AvgIpc) is 2.40. The number of hydrogen-bond donors (Lipinski definition) is 3. The number of carbonyl (C=O) groups is 1. The van der Waals surface area contributed by atoms with Crippen LogP contribution in [0.4, 0.5) is 5.69 Å². The molecule has 1 aliphatic rings. The van der Waals surface area contributed by atoms with Gasteiger partial charge in [-0.1, -0.05) is 19.9 Å². The molecule has 110 valence electrons. The molecule has 0 heterocycles. The Hall–Kier alpha value is -1.75. The van der Waals surface area contributed by atoms with Crippen LogP contribution in [0.3, 0.4) is 0 Å². The first-order chi connectivity index (χ1) is 9.37. The third kappa shape index (κ3) is 2.45. The van der Waals surface area contributed by atoms with Gasteiger partial charge in [-0.05, 0) is 25.5 Å².